The zero-order valence-electron chi connectivity index (χ0n) is 11.6. The maximum absolute atomic E-state index is 2.20. The molecule has 0 fully saturated rings. The van der Waals surface area contributed by atoms with Crippen molar-refractivity contribution in [3.63, 3.8) is 0 Å². The molecule has 0 aliphatic heterocycles. The van der Waals surface area contributed by atoms with Gasteiger partial charge in [0, 0.05) is 0 Å². The Morgan fingerprint density at radius 3 is 1.55 bits per heavy atom. The van der Waals surface area contributed by atoms with Gasteiger partial charge in [0.05, 0.1) is 0 Å². The number of hydrogen-bond acceptors (Lipinski definition) is 0. The second kappa shape index (κ2) is 8.86. The summed E-state index contributed by atoms with van der Waals surface area (Å²) in [7, 11) is 0. The molecule has 0 radical (unpaired) electrons. The molecule has 0 saturated heterocycles. The number of rotatable bonds is 3. The van der Waals surface area contributed by atoms with Crippen molar-refractivity contribution < 1.29 is 24.4 Å². The summed E-state index contributed by atoms with van der Waals surface area (Å²) in [6, 6.07) is 21.2. The van der Waals surface area contributed by atoms with Gasteiger partial charge in [0.15, 0.2) is 0 Å². The fourth-order valence-electron chi connectivity index (χ4n) is 2.03. The van der Waals surface area contributed by atoms with Gasteiger partial charge >= 0.3 is 52.4 Å². The molecular formula is C19H19Hf. The summed E-state index contributed by atoms with van der Waals surface area (Å²) in [5.74, 6) is 0. The first kappa shape index (κ1) is 15.2. The van der Waals surface area contributed by atoms with E-state index in [9.17, 15) is 0 Å². The van der Waals surface area contributed by atoms with Gasteiger partial charge in [-0.2, -0.15) is 0 Å². The summed E-state index contributed by atoms with van der Waals surface area (Å²) in [6.07, 6.45) is 10.0. The largest absolute Gasteiger partial charge is 0.0622 e. The van der Waals surface area contributed by atoms with E-state index in [1.54, 1.807) is 3.33 Å². The molecule has 0 atom stereocenters. The van der Waals surface area contributed by atoms with E-state index in [-0.39, 0.29) is 0 Å². The maximum atomic E-state index is 2.20. The Hall–Kier alpha value is -1.21. The molecule has 0 spiro atoms. The van der Waals surface area contributed by atoms with Crippen LogP contribution in [0.2, 0.25) is 0 Å². The van der Waals surface area contributed by atoms with Crippen LogP contribution in [0.1, 0.15) is 17.5 Å². The van der Waals surface area contributed by atoms with E-state index in [2.05, 4.69) is 78.9 Å². The fraction of sp³-hybridized carbons (Fsp3) is 0.158. The first-order valence-corrected chi connectivity index (χ1v) is 8.79. The minimum atomic E-state index is 1.13. The molecule has 0 saturated carbocycles. The van der Waals surface area contributed by atoms with E-state index in [4.69, 9.17) is 0 Å². The molecule has 1 aliphatic carbocycles. The number of benzene rings is 2. The number of allylic oxidation sites excluding steroid dienone is 4. The Kier molecular flexibility index (Phi) is 6.73. The van der Waals surface area contributed by atoms with E-state index in [0.717, 1.165) is 12.8 Å². The Morgan fingerprint density at radius 1 is 0.750 bits per heavy atom. The van der Waals surface area contributed by atoms with E-state index in [1.807, 2.05) is 0 Å². The summed E-state index contributed by atoms with van der Waals surface area (Å²) in [5.41, 5.74) is 2.83. The van der Waals surface area contributed by atoms with Gasteiger partial charge in [0.2, 0.25) is 0 Å². The van der Waals surface area contributed by atoms with Gasteiger partial charge in [-0.05, 0) is 24.0 Å². The van der Waals surface area contributed by atoms with Crippen molar-refractivity contribution >= 4 is 0 Å². The molecule has 0 amide bonds. The summed E-state index contributed by atoms with van der Waals surface area (Å²) in [4.78, 5) is 0. The third kappa shape index (κ3) is 5.83. The quantitative estimate of drug-likeness (QED) is 0.617. The van der Waals surface area contributed by atoms with Crippen LogP contribution >= 0.6 is 0 Å². The average Bonchev–Trinajstić information content (AvgIpc) is 2.99. The summed E-state index contributed by atoms with van der Waals surface area (Å²) < 4.78 is 1.61. The molecule has 1 aliphatic rings. The van der Waals surface area contributed by atoms with Crippen molar-refractivity contribution in [3.05, 3.63) is 93.3 Å². The third-order valence-corrected chi connectivity index (χ3v) is 4.49. The predicted octanol–water partition coefficient (Wildman–Crippen LogP) is 4.85. The topological polar surface area (TPSA) is 0 Å². The van der Waals surface area contributed by atoms with Crippen molar-refractivity contribution in [2.45, 2.75) is 19.3 Å². The Morgan fingerprint density at radius 2 is 1.25 bits per heavy atom. The van der Waals surface area contributed by atoms with Crippen molar-refractivity contribution in [1.29, 1.82) is 0 Å². The fourth-order valence-corrected chi connectivity index (χ4v) is 2.79. The SMILES string of the molecule is [Hf][C]1=CC=CC1.c1ccc(CCc2ccccc2)cc1. The van der Waals surface area contributed by atoms with Gasteiger partial charge in [-0.15, -0.1) is 0 Å². The molecule has 0 N–H and O–H groups in total. The van der Waals surface area contributed by atoms with Gasteiger partial charge < -0.3 is 0 Å². The summed E-state index contributed by atoms with van der Waals surface area (Å²) in [5, 5.41) is 0. The van der Waals surface area contributed by atoms with E-state index >= 15 is 0 Å². The average molecular weight is 426 g/mol. The molecule has 99 valence electrons. The molecule has 1 heteroatoms. The smallest absolute Gasteiger partial charge is 0.0238 e. The molecule has 0 unspecified atom stereocenters. The normalized spacial score (nSPS) is 12.4. The Labute approximate surface area is 136 Å². The van der Waals surface area contributed by atoms with Gasteiger partial charge in [-0.1, -0.05) is 60.7 Å². The van der Waals surface area contributed by atoms with Crippen LogP contribution in [0.3, 0.4) is 0 Å². The van der Waals surface area contributed by atoms with Crippen LogP contribution < -0.4 is 0 Å². The van der Waals surface area contributed by atoms with Gasteiger partial charge in [-0.25, -0.2) is 0 Å². The summed E-state index contributed by atoms with van der Waals surface area (Å²) in [6.45, 7) is 0. The van der Waals surface area contributed by atoms with Crippen molar-refractivity contribution in [1.82, 2.24) is 0 Å². The molecule has 2 aromatic rings. The molecule has 20 heavy (non-hydrogen) atoms. The monoisotopic (exact) mass is 427 g/mol. The maximum Gasteiger partial charge on any atom is -0.0238 e. The van der Waals surface area contributed by atoms with Crippen LogP contribution in [-0.2, 0) is 37.2 Å². The Bertz CT molecular complexity index is 513. The van der Waals surface area contributed by atoms with Crippen LogP contribution in [0.4, 0.5) is 0 Å². The molecule has 0 heterocycles. The number of aryl methyl sites for hydroxylation is 2. The van der Waals surface area contributed by atoms with Crippen LogP contribution in [-0.4, -0.2) is 0 Å². The first-order chi connectivity index (χ1) is 9.84. The van der Waals surface area contributed by atoms with Gasteiger partial charge in [-0.3, -0.25) is 0 Å². The predicted molar refractivity (Wildman–Crippen MR) is 82.1 cm³/mol. The molecule has 3 rings (SSSR count). The van der Waals surface area contributed by atoms with Crippen LogP contribution in [0.5, 0.6) is 0 Å². The number of hydrogen-bond donors (Lipinski definition) is 0. The van der Waals surface area contributed by atoms with Crippen molar-refractivity contribution in [2.75, 3.05) is 0 Å². The zero-order chi connectivity index (χ0) is 14.0. The third-order valence-electron chi connectivity index (χ3n) is 3.16. The second-order valence-electron chi connectivity index (χ2n) is 4.80. The molecule has 2 aromatic carbocycles. The summed E-state index contributed by atoms with van der Waals surface area (Å²) >= 11 is 1.25. The van der Waals surface area contributed by atoms with Crippen LogP contribution in [0.15, 0.2) is 82.2 Å². The Balaban J connectivity index is 0.000000205. The van der Waals surface area contributed by atoms with Gasteiger partial charge in [0.25, 0.3) is 0 Å². The molecule has 0 bridgehead atoms. The molecule has 0 nitrogen and oxygen atoms in total. The van der Waals surface area contributed by atoms with Crippen molar-refractivity contribution in [3.8, 4) is 0 Å². The minimum absolute atomic E-state index is 1.13. The zero-order valence-corrected chi connectivity index (χ0v) is 15.2. The van der Waals surface area contributed by atoms with E-state index in [0.29, 0.717) is 0 Å². The minimum Gasteiger partial charge on any atom is -0.0622 e. The van der Waals surface area contributed by atoms with Crippen molar-refractivity contribution in [2.24, 2.45) is 0 Å². The molecule has 0 aromatic heterocycles. The van der Waals surface area contributed by atoms with Crippen LogP contribution in [0, 0.1) is 0 Å². The second-order valence-corrected chi connectivity index (χ2v) is 7.10. The first-order valence-electron chi connectivity index (χ1n) is 7.00. The van der Waals surface area contributed by atoms with E-state index < -0.39 is 0 Å². The molecular weight excluding hydrogens is 407 g/mol. The van der Waals surface area contributed by atoms with Gasteiger partial charge in [0.1, 0.15) is 0 Å². The standard InChI is InChI=1S/C14H14.C5H5.Hf/c1-3-7-13(8-4-1)11-12-14-9-5-2-6-10-14;1-2-4-5-3-1;/h1-10H,11-12H2;1-3H,4H2;. The van der Waals surface area contributed by atoms with Crippen LogP contribution in [0.25, 0.3) is 0 Å². The van der Waals surface area contributed by atoms with E-state index in [1.165, 1.54) is 41.9 Å².